The van der Waals surface area contributed by atoms with Gasteiger partial charge in [0.2, 0.25) is 10.0 Å². The molecule has 0 radical (unpaired) electrons. The first-order valence-electron chi connectivity index (χ1n) is 10.2. The lowest BCUT2D eigenvalue weighted by Crippen LogP contribution is -2.48. The predicted molar refractivity (Wildman–Crippen MR) is 118 cm³/mol. The van der Waals surface area contributed by atoms with Gasteiger partial charge in [-0.25, -0.2) is 13.2 Å². The van der Waals surface area contributed by atoms with Crippen LogP contribution in [0.5, 0.6) is 0 Å². The number of esters is 1. The molecule has 2 amide bonds. The second-order valence-electron chi connectivity index (χ2n) is 7.55. The lowest BCUT2D eigenvalue weighted by atomic mass is 10.2. The number of nitrogens with zero attached hydrogens (tertiary/aromatic N) is 1. The SMILES string of the molecule is C[C@H]1CN(S(=O)(=O)c2cccc(C(=O)OCC(=O)NNC(=O)c3ccccc3)c2)C[C@H](C)O1. The molecule has 0 aliphatic carbocycles. The molecular formula is C22H25N3O7S. The molecule has 1 aliphatic rings. The van der Waals surface area contributed by atoms with E-state index in [0.29, 0.717) is 5.56 Å². The van der Waals surface area contributed by atoms with Gasteiger partial charge in [0, 0.05) is 18.7 Å². The van der Waals surface area contributed by atoms with Crippen LogP contribution in [0.1, 0.15) is 34.6 Å². The monoisotopic (exact) mass is 475 g/mol. The summed E-state index contributed by atoms with van der Waals surface area (Å²) in [6, 6.07) is 13.6. The molecule has 0 unspecified atom stereocenters. The van der Waals surface area contributed by atoms with E-state index in [9.17, 15) is 22.8 Å². The first-order chi connectivity index (χ1) is 15.7. The van der Waals surface area contributed by atoms with Crippen molar-refractivity contribution < 1.29 is 32.3 Å². The average molecular weight is 476 g/mol. The molecule has 3 rings (SSSR count). The average Bonchev–Trinajstić information content (AvgIpc) is 2.81. The standard InChI is InChI=1S/C22H25N3O7S/c1-15-12-25(13-16(2)32-15)33(29,30)19-10-6-9-18(11-19)22(28)31-14-20(26)23-24-21(27)17-7-4-3-5-8-17/h3-11,15-16H,12-14H2,1-2H3,(H,23,26)(H,24,27)/t15-,16-/m0/s1. The van der Waals surface area contributed by atoms with Crippen molar-refractivity contribution in [3.05, 3.63) is 65.7 Å². The zero-order valence-electron chi connectivity index (χ0n) is 18.2. The molecule has 1 heterocycles. The van der Waals surface area contributed by atoms with Gasteiger partial charge in [0.25, 0.3) is 11.8 Å². The van der Waals surface area contributed by atoms with Gasteiger partial charge in [-0.2, -0.15) is 4.31 Å². The quantitative estimate of drug-likeness (QED) is 0.472. The largest absolute Gasteiger partial charge is 0.452 e. The van der Waals surface area contributed by atoms with Crippen LogP contribution in [0.25, 0.3) is 0 Å². The Labute approximate surface area is 191 Å². The van der Waals surface area contributed by atoms with Crippen LogP contribution in [-0.2, 0) is 24.3 Å². The maximum absolute atomic E-state index is 13.0. The summed E-state index contributed by atoms with van der Waals surface area (Å²) in [6.07, 6.45) is -0.505. The van der Waals surface area contributed by atoms with Gasteiger partial charge in [-0.1, -0.05) is 24.3 Å². The Morgan fingerprint density at radius 3 is 2.27 bits per heavy atom. The van der Waals surface area contributed by atoms with E-state index in [0.717, 1.165) is 0 Å². The number of hydrogen-bond donors (Lipinski definition) is 2. The lowest BCUT2D eigenvalue weighted by molar-refractivity contribution is -0.125. The number of hydrogen-bond acceptors (Lipinski definition) is 7. The van der Waals surface area contributed by atoms with Crippen molar-refractivity contribution in [3.8, 4) is 0 Å². The summed E-state index contributed by atoms with van der Waals surface area (Å²) in [5.74, 6) is -2.16. The number of sulfonamides is 1. The van der Waals surface area contributed by atoms with E-state index >= 15 is 0 Å². The Bertz CT molecular complexity index is 1110. The molecule has 2 atom stereocenters. The van der Waals surface area contributed by atoms with Crippen molar-refractivity contribution >= 4 is 27.8 Å². The van der Waals surface area contributed by atoms with Crippen molar-refractivity contribution in [1.29, 1.82) is 0 Å². The summed E-state index contributed by atoms with van der Waals surface area (Å²) in [6.45, 7) is 3.33. The second-order valence-corrected chi connectivity index (χ2v) is 9.49. The molecule has 0 bridgehead atoms. The number of carbonyl (C=O) groups is 3. The van der Waals surface area contributed by atoms with Gasteiger partial charge in [-0.3, -0.25) is 20.4 Å². The predicted octanol–water partition coefficient (Wildman–Crippen LogP) is 1.10. The topological polar surface area (TPSA) is 131 Å². The molecule has 2 N–H and O–H groups in total. The molecule has 11 heteroatoms. The maximum Gasteiger partial charge on any atom is 0.338 e. The number of amides is 2. The molecule has 0 spiro atoms. The van der Waals surface area contributed by atoms with Crippen LogP contribution in [0.2, 0.25) is 0 Å². The van der Waals surface area contributed by atoms with Gasteiger partial charge in [-0.05, 0) is 44.2 Å². The van der Waals surface area contributed by atoms with Gasteiger partial charge < -0.3 is 9.47 Å². The smallest absolute Gasteiger partial charge is 0.338 e. The van der Waals surface area contributed by atoms with E-state index in [1.165, 1.54) is 28.6 Å². The highest BCUT2D eigenvalue weighted by atomic mass is 32.2. The summed E-state index contributed by atoms with van der Waals surface area (Å²) in [5.41, 5.74) is 4.68. The minimum atomic E-state index is -3.84. The summed E-state index contributed by atoms with van der Waals surface area (Å²) in [4.78, 5) is 36.1. The molecule has 1 fully saturated rings. The van der Waals surface area contributed by atoms with Crippen molar-refractivity contribution in [2.75, 3.05) is 19.7 Å². The summed E-state index contributed by atoms with van der Waals surface area (Å²) < 4.78 is 37.8. The fraction of sp³-hybridized carbons (Fsp3) is 0.318. The number of hydrazine groups is 1. The van der Waals surface area contributed by atoms with E-state index in [1.54, 1.807) is 44.2 Å². The highest BCUT2D eigenvalue weighted by molar-refractivity contribution is 7.89. The minimum absolute atomic E-state index is 0.0217. The van der Waals surface area contributed by atoms with Crippen molar-refractivity contribution in [2.24, 2.45) is 0 Å². The molecule has 2 aromatic rings. The maximum atomic E-state index is 13.0. The summed E-state index contributed by atoms with van der Waals surface area (Å²) in [7, 11) is -3.84. The zero-order chi connectivity index (χ0) is 24.0. The van der Waals surface area contributed by atoms with Gasteiger partial charge in [0.15, 0.2) is 6.61 Å². The highest BCUT2D eigenvalue weighted by Crippen LogP contribution is 2.22. The Morgan fingerprint density at radius 1 is 0.970 bits per heavy atom. The van der Waals surface area contributed by atoms with E-state index in [-0.39, 0.29) is 35.8 Å². The number of benzene rings is 2. The highest BCUT2D eigenvalue weighted by Gasteiger charge is 2.32. The Morgan fingerprint density at radius 2 is 1.61 bits per heavy atom. The van der Waals surface area contributed by atoms with Crippen LogP contribution in [0.4, 0.5) is 0 Å². The Balaban J connectivity index is 1.57. The van der Waals surface area contributed by atoms with E-state index < -0.39 is 34.4 Å². The molecule has 10 nitrogen and oxygen atoms in total. The fourth-order valence-electron chi connectivity index (χ4n) is 3.30. The molecule has 0 saturated carbocycles. The van der Waals surface area contributed by atoms with Crippen LogP contribution in [0.3, 0.4) is 0 Å². The Hall–Kier alpha value is -3.28. The first kappa shape index (κ1) is 24.4. The van der Waals surface area contributed by atoms with Gasteiger partial charge in [-0.15, -0.1) is 0 Å². The summed E-state index contributed by atoms with van der Waals surface area (Å²) >= 11 is 0. The number of nitrogens with one attached hydrogen (secondary N) is 2. The molecule has 0 aromatic heterocycles. The van der Waals surface area contributed by atoms with Crippen LogP contribution >= 0.6 is 0 Å². The minimum Gasteiger partial charge on any atom is -0.452 e. The van der Waals surface area contributed by atoms with E-state index in [1.807, 2.05) is 0 Å². The van der Waals surface area contributed by atoms with E-state index in [2.05, 4.69) is 10.9 Å². The van der Waals surface area contributed by atoms with Crippen LogP contribution in [0.15, 0.2) is 59.5 Å². The van der Waals surface area contributed by atoms with Crippen molar-refractivity contribution in [3.63, 3.8) is 0 Å². The molecule has 2 aromatic carbocycles. The number of rotatable bonds is 6. The van der Waals surface area contributed by atoms with Crippen LogP contribution in [-0.4, -0.2) is 62.4 Å². The van der Waals surface area contributed by atoms with Gasteiger partial charge >= 0.3 is 5.97 Å². The number of carbonyl (C=O) groups excluding carboxylic acids is 3. The molecule has 1 aliphatic heterocycles. The number of ether oxygens (including phenoxy) is 2. The third-order valence-electron chi connectivity index (χ3n) is 4.78. The third kappa shape index (κ3) is 6.37. The zero-order valence-corrected chi connectivity index (χ0v) is 19.0. The fourth-order valence-corrected chi connectivity index (χ4v) is 4.94. The molecular weight excluding hydrogens is 450 g/mol. The third-order valence-corrected chi connectivity index (χ3v) is 6.61. The molecule has 1 saturated heterocycles. The Kier molecular flexibility index (Phi) is 7.79. The normalized spacial score (nSPS) is 18.8. The second kappa shape index (κ2) is 10.6. The van der Waals surface area contributed by atoms with E-state index in [4.69, 9.17) is 9.47 Å². The lowest BCUT2D eigenvalue weighted by Gasteiger charge is -2.34. The van der Waals surface area contributed by atoms with Gasteiger partial charge in [0.05, 0.1) is 22.7 Å². The summed E-state index contributed by atoms with van der Waals surface area (Å²) in [5, 5.41) is 0. The van der Waals surface area contributed by atoms with Crippen LogP contribution in [0, 0.1) is 0 Å². The van der Waals surface area contributed by atoms with Crippen molar-refractivity contribution in [1.82, 2.24) is 15.2 Å². The first-order valence-corrected chi connectivity index (χ1v) is 11.7. The van der Waals surface area contributed by atoms with Crippen LogP contribution < -0.4 is 10.9 Å². The molecule has 33 heavy (non-hydrogen) atoms. The van der Waals surface area contributed by atoms with Gasteiger partial charge in [0.1, 0.15) is 0 Å². The number of morpholine rings is 1. The molecule has 176 valence electrons. The van der Waals surface area contributed by atoms with Crippen molar-refractivity contribution in [2.45, 2.75) is 31.0 Å².